The minimum atomic E-state index is -3.47. The summed E-state index contributed by atoms with van der Waals surface area (Å²) in [4.78, 5) is 3.86. The lowest BCUT2D eigenvalue weighted by Gasteiger charge is -2.27. The van der Waals surface area contributed by atoms with Gasteiger partial charge in [-0.1, -0.05) is 44.5 Å². The van der Waals surface area contributed by atoms with Gasteiger partial charge in [-0.05, 0) is 41.8 Å². The van der Waals surface area contributed by atoms with E-state index in [1.54, 1.807) is 0 Å². The van der Waals surface area contributed by atoms with Gasteiger partial charge in [-0.15, -0.1) is 0 Å². The van der Waals surface area contributed by atoms with Crippen molar-refractivity contribution in [3.05, 3.63) is 70.1 Å². The Morgan fingerprint density at radius 1 is 1.18 bits per heavy atom. The Bertz CT molecular complexity index is 1300. The van der Waals surface area contributed by atoms with Gasteiger partial charge in [0.25, 0.3) is 0 Å². The fraction of sp³-hybridized carbons (Fsp3) is 0.333. The molecular formula is C24H26ClN3O5S. The summed E-state index contributed by atoms with van der Waals surface area (Å²) in [5, 5.41) is 10.0. The first-order valence-electron chi connectivity index (χ1n) is 10.6. The van der Waals surface area contributed by atoms with Gasteiger partial charge in [0.2, 0.25) is 10.0 Å². The van der Waals surface area contributed by atoms with Crippen molar-refractivity contribution in [1.29, 1.82) is 5.26 Å². The van der Waals surface area contributed by atoms with Gasteiger partial charge in [0.05, 0.1) is 29.6 Å². The molecule has 1 N–H and O–H groups in total. The molecule has 0 radical (unpaired) electrons. The van der Waals surface area contributed by atoms with E-state index in [1.807, 2.05) is 57.2 Å². The largest absolute Gasteiger partial charge is 0.491 e. The van der Waals surface area contributed by atoms with Gasteiger partial charge in [0.1, 0.15) is 18.4 Å². The average Bonchev–Trinajstić information content (AvgIpc) is 3.22. The SMILES string of the molecule is CCCOc1c(Cl)cc(C(C)(C)c2ccc(OCc3cnc(NS(C)(=O)=O)o3)cc2)cc1C#N. The number of hydrogen-bond donors (Lipinski definition) is 1. The zero-order chi connectivity index (χ0) is 24.9. The third kappa shape index (κ3) is 6.22. The van der Waals surface area contributed by atoms with Gasteiger partial charge < -0.3 is 13.9 Å². The topological polar surface area (TPSA) is 114 Å². The van der Waals surface area contributed by atoms with Gasteiger partial charge in [0, 0.05) is 5.41 Å². The molecule has 0 spiro atoms. The van der Waals surface area contributed by atoms with Crippen LogP contribution < -0.4 is 14.2 Å². The molecule has 0 aliphatic rings. The third-order valence-corrected chi connectivity index (χ3v) is 5.95. The Hall–Kier alpha value is -3.22. The maximum absolute atomic E-state index is 11.2. The lowest BCUT2D eigenvalue weighted by molar-refractivity contribution is 0.272. The molecule has 34 heavy (non-hydrogen) atoms. The molecule has 1 heterocycles. The fourth-order valence-electron chi connectivity index (χ4n) is 3.26. The predicted molar refractivity (Wildman–Crippen MR) is 130 cm³/mol. The lowest BCUT2D eigenvalue weighted by atomic mass is 9.77. The maximum Gasteiger partial charge on any atom is 0.308 e. The summed E-state index contributed by atoms with van der Waals surface area (Å²) in [6.07, 6.45) is 3.23. The molecule has 0 aliphatic carbocycles. The highest BCUT2D eigenvalue weighted by Gasteiger charge is 2.26. The van der Waals surface area contributed by atoms with E-state index in [-0.39, 0.29) is 12.6 Å². The van der Waals surface area contributed by atoms with Crippen LogP contribution in [0.4, 0.5) is 6.01 Å². The van der Waals surface area contributed by atoms with Crippen LogP contribution in [0.5, 0.6) is 11.5 Å². The molecule has 0 saturated carbocycles. The van der Waals surface area contributed by atoms with E-state index in [1.165, 1.54) is 6.20 Å². The molecular weight excluding hydrogens is 478 g/mol. The van der Waals surface area contributed by atoms with E-state index in [4.69, 9.17) is 25.5 Å². The first kappa shape index (κ1) is 25.4. The second-order valence-electron chi connectivity index (χ2n) is 8.24. The number of nitriles is 1. The van der Waals surface area contributed by atoms with Crippen molar-refractivity contribution in [2.45, 2.75) is 39.2 Å². The second-order valence-corrected chi connectivity index (χ2v) is 10.4. The molecule has 0 fully saturated rings. The smallest absolute Gasteiger partial charge is 0.308 e. The molecule has 10 heteroatoms. The molecule has 2 aromatic carbocycles. The number of anilines is 1. The van der Waals surface area contributed by atoms with Crippen molar-refractivity contribution in [2.75, 3.05) is 17.6 Å². The minimum Gasteiger partial charge on any atom is -0.491 e. The number of nitrogens with one attached hydrogen (secondary N) is 1. The molecule has 0 atom stereocenters. The van der Waals surface area contributed by atoms with Crippen molar-refractivity contribution in [3.8, 4) is 17.6 Å². The van der Waals surface area contributed by atoms with Crippen molar-refractivity contribution >= 4 is 27.6 Å². The number of aromatic nitrogens is 1. The number of sulfonamides is 1. The number of benzene rings is 2. The van der Waals surface area contributed by atoms with Crippen molar-refractivity contribution < 1.29 is 22.3 Å². The highest BCUT2D eigenvalue weighted by atomic mass is 35.5. The molecule has 0 aliphatic heterocycles. The monoisotopic (exact) mass is 503 g/mol. The molecule has 0 saturated heterocycles. The summed E-state index contributed by atoms with van der Waals surface area (Å²) in [5.74, 6) is 1.39. The molecule has 3 aromatic rings. The van der Waals surface area contributed by atoms with Crippen LogP contribution in [0.25, 0.3) is 0 Å². The maximum atomic E-state index is 11.2. The minimum absolute atomic E-state index is 0.0849. The highest BCUT2D eigenvalue weighted by Crippen LogP contribution is 2.38. The Kier molecular flexibility index (Phi) is 7.75. The molecule has 0 bridgehead atoms. The van der Waals surface area contributed by atoms with Crippen molar-refractivity contribution in [1.82, 2.24) is 4.98 Å². The lowest BCUT2D eigenvalue weighted by Crippen LogP contribution is -2.19. The summed E-state index contributed by atoms with van der Waals surface area (Å²) in [7, 11) is -3.47. The number of halogens is 1. The number of oxazole rings is 1. The number of rotatable bonds is 10. The molecule has 8 nitrogen and oxygen atoms in total. The van der Waals surface area contributed by atoms with Crippen LogP contribution in [0.3, 0.4) is 0 Å². The molecule has 0 unspecified atom stereocenters. The summed E-state index contributed by atoms with van der Waals surface area (Å²) < 4.78 is 41.4. The van der Waals surface area contributed by atoms with Gasteiger partial charge >= 0.3 is 6.01 Å². The molecule has 180 valence electrons. The van der Waals surface area contributed by atoms with Crippen LogP contribution in [-0.4, -0.2) is 26.3 Å². The third-order valence-electron chi connectivity index (χ3n) is 5.12. The summed E-state index contributed by atoms with van der Waals surface area (Å²) in [6.45, 7) is 6.66. The first-order valence-corrected chi connectivity index (χ1v) is 12.8. The van der Waals surface area contributed by atoms with Crippen LogP contribution in [0, 0.1) is 11.3 Å². The zero-order valence-corrected chi connectivity index (χ0v) is 21.0. The van der Waals surface area contributed by atoms with Crippen LogP contribution >= 0.6 is 11.6 Å². The van der Waals surface area contributed by atoms with Crippen LogP contribution in [0.1, 0.15) is 49.6 Å². The van der Waals surface area contributed by atoms with E-state index in [9.17, 15) is 13.7 Å². The number of ether oxygens (including phenoxy) is 2. The van der Waals surface area contributed by atoms with Gasteiger partial charge in [-0.3, -0.25) is 0 Å². The van der Waals surface area contributed by atoms with Gasteiger partial charge in [-0.25, -0.2) is 18.1 Å². The van der Waals surface area contributed by atoms with E-state index >= 15 is 0 Å². The Balaban J connectivity index is 1.73. The van der Waals surface area contributed by atoms with Crippen molar-refractivity contribution in [3.63, 3.8) is 0 Å². The van der Waals surface area contributed by atoms with Gasteiger partial charge in [0.15, 0.2) is 11.5 Å². The normalized spacial score (nSPS) is 11.6. The molecule has 0 amide bonds. The zero-order valence-electron chi connectivity index (χ0n) is 19.4. The quantitative estimate of drug-likeness (QED) is 0.401. The van der Waals surface area contributed by atoms with Crippen LogP contribution in [0.15, 0.2) is 47.0 Å². The van der Waals surface area contributed by atoms with E-state index < -0.39 is 15.4 Å². The standard InChI is InChI=1S/C24H26ClN3O5S/c1-5-10-31-22-16(13-26)11-18(12-21(22)25)24(2,3)17-6-8-19(9-7-17)32-15-20-14-27-23(33-20)28-34(4,29)30/h6-9,11-12,14H,5,10,15H2,1-4H3,(H,27,28). The summed E-state index contributed by atoms with van der Waals surface area (Å²) in [6, 6.07) is 13.3. The predicted octanol–water partition coefficient (Wildman–Crippen LogP) is 5.26. The van der Waals surface area contributed by atoms with Crippen LogP contribution in [0.2, 0.25) is 5.02 Å². The highest BCUT2D eigenvalue weighted by molar-refractivity contribution is 7.91. The van der Waals surface area contributed by atoms with Crippen LogP contribution in [-0.2, 0) is 22.0 Å². The first-order chi connectivity index (χ1) is 16.0. The number of hydrogen-bond acceptors (Lipinski definition) is 7. The Morgan fingerprint density at radius 2 is 1.88 bits per heavy atom. The Morgan fingerprint density at radius 3 is 2.50 bits per heavy atom. The summed E-state index contributed by atoms with van der Waals surface area (Å²) >= 11 is 6.46. The van der Waals surface area contributed by atoms with Gasteiger partial charge in [-0.2, -0.15) is 5.26 Å². The Labute approximate surface area is 204 Å². The summed E-state index contributed by atoms with van der Waals surface area (Å²) in [5.41, 5.74) is 1.86. The number of nitrogens with zero attached hydrogens (tertiary/aromatic N) is 2. The molecule has 3 rings (SSSR count). The molecule has 1 aromatic heterocycles. The van der Waals surface area contributed by atoms with E-state index in [0.717, 1.165) is 23.8 Å². The second kappa shape index (κ2) is 10.4. The van der Waals surface area contributed by atoms with E-state index in [0.29, 0.717) is 34.5 Å². The van der Waals surface area contributed by atoms with Crippen molar-refractivity contribution in [2.24, 2.45) is 0 Å². The average molecular weight is 504 g/mol. The fourth-order valence-corrected chi connectivity index (χ4v) is 3.94. The van der Waals surface area contributed by atoms with E-state index in [2.05, 4.69) is 15.8 Å².